The van der Waals surface area contributed by atoms with Gasteiger partial charge in [-0.25, -0.2) is 4.39 Å². The molecule has 0 spiro atoms. The minimum Gasteiger partial charge on any atom is -0.353 e. The Morgan fingerprint density at radius 2 is 1.90 bits per heavy atom. The van der Waals surface area contributed by atoms with E-state index in [0.29, 0.717) is 23.2 Å². The zero-order chi connectivity index (χ0) is 21.3. The molecule has 2 aromatic rings. The summed E-state index contributed by atoms with van der Waals surface area (Å²) in [6, 6.07) is 8.97. The van der Waals surface area contributed by atoms with Crippen LogP contribution in [0.1, 0.15) is 70.8 Å². The third kappa shape index (κ3) is 3.75. The Morgan fingerprint density at radius 3 is 2.60 bits per heavy atom. The topological polar surface area (TPSA) is 54.9 Å². The van der Waals surface area contributed by atoms with Crippen LogP contribution in [0.4, 0.5) is 4.39 Å². The number of amides is 1. The van der Waals surface area contributed by atoms with Crippen molar-refractivity contribution in [2.75, 3.05) is 0 Å². The van der Waals surface area contributed by atoms with E-state index in [1.165, 1.54) is 18.9 Å². The van der Waals surface area contributed by atoms with Crippen LogP contribution in [0, 0.1) is 23.1 Å². The zero-order valence-electron chi connectivity index (χ0n) is 18.2. The molecule has 1 amide bonds. The number of carbonyl (C=O) groups is 1. The van der Waals surface area contributed by atoms with Gasteiger partial charge in [0, 0.05) is 17.5 Å². The first-order chi connectivity index (χ1) is 14.4. The van der Waals surface area contributed by atoms with Crippen molar-refractivity contribution >= 4 is 5.91 Å². The Morgan fingerprint density at radius 1 is 1.17 bits per heavy atom. The summed E-state index contributed by atoms with van der Waals surface area (Å²) >= 11 is 0. The van der Waals surface area contributed by atoms with Gasteiger partial charge in [0.25, 0.3) is 0 Å². The van der Waals surface area contributed by atoms with E-state index in [1.807, 2.05) is 12.1 Å². The van der Waals surface area contributed by atoms with Crippen molar-refractivity contribution in [3.8, 4) is 11.3 Å². The van der Waals surface area contributed by atoms with E-state index in [1.54, 1.807) is 18.3 Å². The first-order valence-electron chi connectivity index (χ1n) is 11.3. The van der Waals surface area contributed by atoms with Gasteiger partial charge in [-0.15, -0.1) is 0 Å². The van der Waals surface area contributed by atoms with Crippen LogP contribution in [0.25, 0.3) is 11.3 Å². The van der Waals surface area contributed by atoms with Crippen LogP contribution >= 0.6 is 0 Å². The summed E-state index contributed by atoms with van der Waals surface area (Å²) in [5, 5.41) is 11.7. The van der Waals surface area contributed by atoms with Crippen LogP contribution in [0.15, 0.2) is 36.5 Å². The van der Waals surface area contributed by atoms with E-state index >= 15 is 0 Å². The van der Waals surface area contributed by atoms with Gasteiger partial charge in [-0.2, -0.15) is 10.2 Å². The molecule has 0 aliphatic heterocycles. The van der Waals surface area contributed by atoms with Gasteiger partial charge >= 0.3 is 0 Å². The maximum Gasteiger partial charge on any atom is 0.223 e. The average Bonchev–Trinajstić information content (AvgIpc) is 3.36. The van der Waals surface area contributed by atoms with E-state index in [0.717, 1.165) is 31.2 Å². The standard InChI is InChI=1S/C25H32FN3O/c1-16(2)25(3)20(12-13-21(25)24(30)28-18-8-4-5-9-18)17-14-23(29-27-15-17)19-10-6-7-11-22(19)26/h6-7,10-11,14-16,18,20-21H,4-5,8-9,12-13H2,1-3H3,(H,28,30)/t20-,21-,25?/m0/s1. The zero-order valence-corrected chi connectivity index (χ0v) is 18.2. The molecule has 2 saturated carbocycles. The molecule has 5 heteroatoms. The van der Waals surface area contributed by atoms with Crippen LogP contribution in [0.3, 0.4) is 0 Å². The van der Waals surface area contributed by atoms with Crippen LogP contribution < -0.4 is 5.32 Å². The van der Waals surface area contributed by atoms with Gasteiger partial charge in [0.2, 0.25) is 5.91 Å². The third-order valence-electron chi connectivity index (χ3n) is 7.74. The molecule has 0 saturated heterocycles. The molecule has 2 aliphatic carbocycles. The van der Waals surface area contributed by atoms with Gasteiger partial charge in [0.05, 0.1) is 11.9 Å². The Bertz CT molecular complexity index is 909. The van der Waals surface area contributed by atoms with Gasteiger partial charge in [-0.05, 0) is 66.7 Å². The first-order valence-corrected chi connectivity index (χ1v) is 11.3. The van der Waals surface area contributed by atoms with Crippen molar-refractivity contribution in [2.45, 2.75) is 71.3 Å². The largest absolute Gasteiger partial charge is 0.353 e. The minimum absolute atomic E-state index is 0.0202. The second kappa shape index (κ2) is 8.44. The van der Waals surface area contributed by atoms with E-state index in [4.69, 9.17) is 0 Å². The molecule has 4 nitrogen and oxygen atoms in total. The fourth-order valence-corrected chi connectivity index (χ4v) is 5.69. The van der Waals surface area contributed by atoms with Gasteiger partial charge in [-0.1, -0.05) is 45.7 Å². The van der Waals surface area contributed by atoms with Gasteiger partial charge in [0.1, 0.15) is 5.82 Å². The molecule has 160 valence electrons. The molecule has 2 fully saturated rings. The highest BCUT2D eigenvalue weighted by Gasteiger charge is 2.52. The van der Waals surface area contributed by atoms with Crippen molar-refractivity contribution in [1.82, 2.24) is 15.5 Å². The van der Waals surface area contributed by atoms with Crippen LogP contribution in [0.5, 0.6) is 0 Å². The van der Waals surface area contributed by atoms with Crippen molar-refractivity contribution in [1.29, 1.82) is 0 Å². The predicted octanol–water partition coefficient (Wildman–Crippen LogP) is 5.50. The van der Waals surface area contributed by atoms with Crippen molar-refractivity contribution in [3.63, 3.8) is 0 Å². The van der Waals surface area contributed by atoms with Crippen molar-refractivity contribution in [3.05, 3.63) is 47.9 Å². The molecular formula is C25H32FN3O. The molecule has 1 heterocycles. The summed E-state index contributed by atoms with van der Waals surface area (Å²) in [6.07, 6.45) is 8.21. The number of carbonyl (C=O) groups excluding carboxylic acids is 1. The molecular weight excluding hydrogens is 377 g/mol. The highest BCUT2D eigenvalue weighted by atomic mass is 19.1. The molecule has 1 unspecified atom stereocenters. The monoisotopic (exact) mass is 409 g/mol. The van der Waals surface area contributed by atoms with Gasteiger partial charge in [0.15, 0.2) is 0 Å². The molecule has 3 atom stereocenters. The smallest absolute Gasteiger partial charge is 0.223 e. The highest BCUT2D eigenvalue weighted by Crippen LogP contribution is 2.57. The quantitative estimate of drug-likeness (QED) is 0.710. The third-order valence-corrected chi connectivity index (χ3v) is 7.74. The lowest BCUT2D eigenvalue weighted by Crippen LogP contribution is -2.45. The first kappa shape index (κ1) is 21.0. The lowest BCUT2D eigenvalue weighted by molar-refractivity contribution is -0.130. The Labute approximate surface area is 178 Å². The van der Waals surface area contributed by atoms with E-state index in [2.05, 4.69) is 36.3 Å². The normalized spacial score (nSPS) is 27.0. The minimum atomic E-state index is -0.296. The number of halogens is 1. The van der Waals surface area contributed by atoms with E-state index in [-0.39, 0.29) is 29.0 Å². The second-order valence-corrected chi connectivity index (χ2v) is 9.55. The maximum atomic E-state index is 14.3. The molecule has 0 radical (unpaired) electrons. The van der Waals surface area contributed by atoms with E-state index in [9.17, 15) is 9.18 Å². The Kier molecular flexibility index (Phi) is 5.90. The number of nitrogens with zero attached hydrogens (tertiary/aromatic N) is 2. The van der Waals surface area contributed by atoms with Gasteiger partial charge in [-0.3, -0.25) is 4.79 Å². The molecule has 1 aromatic heterocycles. The fourth-order valence-electron chi connectivity index (χ4n) is 5.69. The molecule has 2 aliphatic rings. The fraction of sp³-hybridized carbons (Fsp3) is 0.560. The molecule has 0 bridgehead atoms. The summed E-state index contributed by atoms with van der Waals surface area (Å²) in [5.74, 6) is 0.410. The maximum absolute atomic E-state index is 14.3. The SMILES string of the molecule is CC(C)C1(C)[C@H](C(=O)NC2CCCC2)CC[C@H]1c1cnnc(-c2ccccc2F)c1. The number of aromatic nitrogens is 2. The predicted molar refractivity (Wildman–Crippen MR) is 116 cm³/mol. The number of benzene rings is 1. The summed E-state index contributed by atoms with van der Waals surface area (Å²) in [6.45, 7) is 6.67. The Hall–Kier alpha value is -2.30. The molecule has 30 heavy (non-hydrogen) atoms. The second-order valence-electron chi connectivity index (χ2n) is 9.55. The summed E-state index contributed by atoms with van der Waals surface area (Å²) in [4.78, 5) is 13.2. The Balaban J connectivity index is 1.63. The summed E-state index contributed by atoms with van der Waals surface area (Å²) < 4.78 is 14.3. The number of hydrogen-bond donors (Lipinski definition) is 1. The number of rotatable bonds is 5. The highest BCUT2D eigenvalue weighted by molar-refractivity contribution is 5.80. The lowest BCUT2D eigenvalue weighted by atomic mass is 9.64. The van der Waals surface area contributed by atoms with Gasteiger partial charge < -0.3 is 5.32 Å². The molecule has 1 N–H and O–H groups in total. The summed E-state index contributed by atoms with van der Waals surface area (Å²) in [5.41, 5.74) is 1.89. The van der Waals surface area contributed by atoms with Crippen LogP contribution in [-0.2, 0) is 4.79 Å². The average molecular weight is 410 g/mol. The number of nitrogens with one attached hydrogen (secondary N) is 1. The van der Waals surface area contributed by atoms with E-state index < -0.39 is 0 Å². The summed E-state index contributed by atoms with van der Waals surface area (Å²) in [7, 11) is 0. The van der Waals surface area contributed by atoms with Crippen molar-refractivity contribution < 1.29 is 9.18 Å². The van der Waals surface area contributed by atoms with Crippen molar-refractivity contribution in [2.24, 2.45) is 17.3 Å². The van der Waals surface area contributed by atoms with Crippen LogP contribution in [-0.4, -0.2) is 22.1 Å². The lowest BCUT2D eigenvalue weighted by Gasteiger charge is -2.40. The number of hydrogen-bond acceptors (Lipinski definition) is 3. The molecule has 1 aromatic carbocycles. The van der Waals surface area contributed by atoms with Crippen LogP contribution in [0.2, 0.25) is 0 Å². The molecule has 4 rings (SSSR count).